The maximum absolute atomic E-state index is 9.86. The second-order valence-electron chi connectivity index (χ2n) is 8.47. The summed E-state index contributed by atoms with van der Waals surface area (Å²) in [4.78, 5) is 11.0. The molecule has 4 rings (SSSR count). The zero-order chi connectivity index (χ0) is 23.2. The van der Waals surface area contributed by atoms with Gasteiger partial charge in [-0.05, 0) is 60.7 Å². The number of hydrogen-bond donors (Lipinski definition) is 3. The van der Waals surface area contributed by atoms with Crippen LogP contribution in [0.3, 0.4) is 0 Å². The average Bonchev–Trinajstić information content (AvgIpc) is 3.30. The van der Waals surface area contributed by atoms with Crippen LogP contribution in [0.4, 0.5) is 17.3 Å². The average molecular weight is 443 g/mol. The lowest BCUT2D eigenvalue weighted by Gasteiger charge is -2.26. The lowest BCUT2D eigenvalue weighted by atomic mass is 9.96. The second kappa shape index (κ2) is 10.3. The number of rotatable bonds is 8. The van der Waals surface area contributed by atoms with Crippen LogP contribution in [0, 0.1) is 18.3 Å². The fraction of sp³-hybridized carbons (Fsp3) is 0.346. The summed E-state index contributed by atoms with van der Waals surface area (Å²) in [6, 6.07) is 14.0. The first kappa shape index (κ1) is 22.6. The number of nitrogens with zero attached hydrogens (tertiary/aromatic N) is 4. The highest BCUT2D eigenvalue weighted by molar-refractivity contribution is 5.80. The fourth-order valence-electron chi connectivity index (χ4n) is 4.39. The first-order valence-corrected chi connectivity index (χ1v) is 11.5. The Kier molecular flexibility index (Phi) is 7.06. The van der Waals surface area contributed by atoms with Crippen molar-refractivity contribution < 1.29 is 5.11 Å². The molecule has 1 aromatic heterocycles. The van der Waals surface area contributed by atoms with E-state index in [2.05, 4.69) is 44.6 Å². The van der Waals surface area contributed by atoms with Crippen molar-refractivity contribution in [2.75, 3.05) is 23.3 Å². The fourth-order valence-corrected chi connectivity index (χ4v) is 4.39. The minimum absolute atomic E-state index is 0.285. The number of nitriles is 1. The van der Waals surface area contributed by atoms with Crippen molar-refractivity contribution in [3.05, 3.63) is 71.0 Å². The van der Waals surface area contributed by atoms with Crippen molar-refractivity contribution >= 4 is 17.3 Å². The normalized spacial score (nSPS) is 15.4. The summed E-state index contributed by atoms with van der Waals surface area (Å²) in [6.45, 7) is 6.70. The molecule has 1 saturated heterocycles. The molecule has 1 atom stereocenters. The van der Waals surface area contributed by atoms with Crippen molar-refractivity contribution in [2.24, 2.45) is 0 Å². The van der Waals surface area contributed by atoms with Gasteiger partial charge < -0.3 is 20.6 Å². The van der Waals surface area contributed by atoms with Crippen LogP contribution in [-0.2, 0) is 13.0 Å². The van der Waals surface area contributed by atoms with E-state index < -0.39 is 0 Å². The van der Waals surface area contributed by atoms with Crippen molar-refractivity contribution in [3.8, 4) is 11.8 Å². The largest absolute Gasteiger partial charge is 0.508 e. The quantitative estimate of drug-likeness (QED) is 0.475. The molecule has 0 spiro atoms. The number of phenols is 1. The number of anilines is 3. The summed E-state index contributed by atoms with van der Waals surface area (Å²) in [5.74, 6) is 0.808. The number of aryl methyl sites for hydroxylation is 1. The zero-order valence-corrected chi connectivity index (χ0v) is 19.2. The highest BCUT2D eigenvalue weighted by Gasteiger charge is 2.26. The van der Waals surface area contributed by atoms with Crippen LogP contribution in [0.1, 0.15) is 42.0 Å². The van der Waals surface area contributed by atoms with E-state index in [0.29, 0.717) is 12.0 Å². The Hall–Kier alpha value is -3.63. The molecule has 1 fully saturated rings. The maximum atomic E-state index is 9.86. The Balaban J connectivity index is 1.58. The standard InChI is InChI=1S/C26H30N6O/c1-3-5-20-14-24(25(18(2)23(20)15-27)31-26-28-11-4-12-29-26)32-13-10-21(17-32)30-16-19-6-8-22(33)9-7-19/h4,6-9,11-12,14,21,30,33H,3,5,10,13,16-17H2,1-2H3,(H,28,29,31). The number of aromatic hydroxyl groups is 1. The minimum atomic E-state index is 0.285. The SMILES string of the molecule is CCCc1cc(N2CCC(NCc3ccc(O)cc3)C2)c(Nc2ncccn2)c(C)c1C#N. The van der Waals surface area contributed by atoms with Crippen LogP contribution in [0.2, 0.25) is 0 Å². The molecule has 7 heteroatoms. The molecule has 0 aliphatic carbocycles. The van der Waals surface area contributed by atoms with Crippen molar-refractivity contribution in [2.45, 2.75) is 45.7 Å². The minimum Gasteiger partial charge on any atom is -0.508 e. The van der Waals surface area contributed by atoms with Crippen LogP contribution < -0.4 is 15.5 Å². The molecule has 170 valence electrons. The molecule has 7 nitrogen and oxygen atoms in total. The molecule has 3 N–H and O–H groups in total. The summed E-state index contributed by atoms with van der Waals surface area (Å²) in [6.07, 6.45) is 6.30. The van der Waals surface area contributed by atoms with Crippen LogP contribution in [0.25, 0.3) is 0 Å². The van der Waals surface area contributed by atoms with Gasteiger partial charge in [-0.15, -0.1) is 0 Å². The van der Waals surface area contributed by atoms with Crippen molar-refractivity contribution in [1.82, 2.24) is 15.3 Å². The van der Waals surface area contributed by atoms with Gasteiger partial charge in [-0.1, -0.05) is 25.5 Å². The molecule has 0 saturated carbocycles. The summed E-state index contributed by atoms with van der Waals surface area (Å²) in [5, 5.41) is 26.4. The van der Waals surface area contributed by atoms with E-state index in [1.165, 1.54) is 0 Å². The third-order valence-corrected chi connectivity index (χ3v) is 6.13. The first-order valence-electron chi connectivity index (χ1n) is 11.5. The third-order valence-electron chi connectivity index (χ3n) is 6.13. The molecular formula is C26H30N6O. The highest BCUT2D eigenvalue weighted by atomic mass is 16.3. The molecule has 1 aliphatic heterocycles. The molecule has 2 aromatic carbocycles. The van der Waals surface area contributed by atoms with E-state index >= 15 is 0 Å². The van der Waals surface area contributed by atoms with Gasteiger partial charge in [-0.3, -0.25) is 0 Å². The van der Waals surface area contributed by atoms with E-state index in [9.17, 15) is 10.4 Å². The van der Waals surface area contributed by atoms with Gasteiger partial charge in [0.1, 0.15) is 5.75 Å². The molecule has 33 heavy (non-hydrogen) atoms. The Morgan fingerprint density at radius 3 is 2.67 bits per heavy atom. The predicted molar refractivity (Wildman–Crippen MR) is 131 cm³/mol. The number of nitrogens with one attached hydrogen (secondary N) is 2. The van der Waals surface area contributed by atoms with Crippen molar-refractivity contribution in [1.29, 1.82) is 5.26 Å². The Morgan fingerprint density at radius 2 is 1.97 bits per heavy atom. The molecule has 0 bridgehead atoms. The first-order chi connectivity index (χ1) is 16.1. The number of hydrogen-bond acceptors (Lipinski definition) is 7. The van der Waals surface area contributed by atoms with Gasteiger partial charge in [-0.2, -0.15) is 5.26 Å². The molecule has 2 heterocycles. The number of phenolic OH excluding ortho intramolecular Hbond substituents is 1. The van der Waals surface area contributed by atoms with Gasteiger partial charge in [0.25, 0.3) is 0 Å². The van der Waals surface area contributed by atoms with Gasteiger partial charge in [0, 0.05) is 38.1 Å². The number of benzene rings is 2. The van der Waals surface area contributed by atoms with Gasteiger partial charge in [0.2, 0.25) is 5.95 Å². The topological polar surface area (TPSA) is 97.1 Å². The smallest absolute Gasteiger partial charge is 0.227 e. The zero-order valence-electron chi connectivity index (χ0n) is 19.2. The van der Waals surface area contributed by atoms with E-state index in [1.807, 2.05) is 19.1 Å². The maximum Gasteiger partial charge on any atom is 0.227 e. The van der Waals surface area contributed by atoms with Gasteiger partial charge >= 0.3 is 0 Å². The van der Waals surface area contributed by atoms with E-state index in [4.69, 9.17) is 0 Å². The highest BCUT2D eigenvalue weighted by Crippen LogP contribution is 2.37. The second-order valence-corrected chi connectivity index (χ2v) is 8.47. The summed E-state index contributed by atoms with van der Waals surface area (Å²) in [5.41, 5.74) is 5.90. The Labute approximate surface area is 195 Å². The number of aromatic nitrogens is 2. The summed E-state index contributed by atoms with van der Waals surface area (Å²) in [7, 11) is 0. The van der Waals surface area contributed by atoms with E-state index in [0.717, 1.165) is 72.5 Å². The molecule has 3 aromatic rings. The van der Waals surface area contributed by atoms with Crippen LogP contribution >= 0.6 is 0 Å². The Bertz CT molecular complexity index is 1120. The van der Waals surface area contributed by atoms with Gasteiger partial charge in [0.05, 0.1) is 23.0 Å². The summed E-state index contributed by atoms with van der Waals surface area (Å²) >= 11 is 0. The molecule has 1 unspecified atom stereocenters. The molecule has 0 amide bonds. The predicted octanol–water partition coefficient (Wildman–Crippen LogP) is 4.43. The summed E-state index contributed by atoms with van der Waals surface area (Å²) < 4.78 is 0. The van der Waals surface area contributed by atoms with E-state index in [-0.39, 0.29) is 5.75 Å². The van der Waals surface area contributed by atoms with Crippen LogP contribution in [0.5, 0.6) is 5.75 Å². The third kappa shape index (κ3) is 5.24. The van der Waals surface area contributed by atoms with E-state index in [1.54, 1.807) is 30.6 Å². The molecule has 0 radical (unpaired) electrons. The monoisotopic (exact) mass is 442 g/mol. The molecular weight excluding hydrogens is 412 g/mol. The van der Waals surface area contributed by atoms with Crippen LogP contribution in [-0.4, -0.2) is 34.2 Å². The van der Waals surface area contributed by atoms with Crippen molar-refractivity contribution in [3.63, 3.8) is 0 Å². The van der Waals surface area contributed by atoms with Gasteiger partial charge in [-0.25, -0.2) is 9.97 Å². The lowest BCUT2D eigenvalue weighted by Crippen LogP contribution is -2.32. The molecule has 1 aliphatic rings. The lowest BCUT2D eigenvalue weighted by molar-refractivity contribution is 0.474. The van der Waals surface area contributed by atoms with Crippen LogP contribution in [0.15, 0.2) is 48.8 Å². The Morgan fingerprint density at radius 1 is 1.21 bits per heavy atom. The van der Waals surface area contributed by atoms with Gasteiger partial charge in [0.15, 0.2) is 0 Å².